The zero-order chi connectivity index (χ0) is 18.2. The number of allylic oxidation sites excluding steroid dienone is 1. The summed E-state index contributed by atoms with van der Waals surface area (Å²) in [5.41, 5.74) is 0.584. The SMILES string of the molecule is COc1ccccc1C(=O)/C(C#N)=C/c1ccccc1OCC(=O)O. The van der Waals surface area contributed by atoms with Gasteiger partial charge in [-0.2, -0.15) is 5.26 Å². The highest BCUT2D eigenvalue weighted by Gasteiger charge is 2.17. The van der Waals surface area contributed by atoms with Crippen molar-refractivity contribution < 1.29 is 24.2 Å². The second-order valence-electron chi connectivity index (χ2n) is 4.92. The van der Waals surface area contributed by atoms with Gasteiger partial charge in [0.1, 0.15) is 23.1 Å². The topological polar surface area (TPSA) is 96.6 Å². The average Bonchev–Trinajstić information content (AvgIpc) is 2.64. The molecule has 2 rings (SSSR count). The largest absolute Gasteiger partial charge is 0.496 e. The summed E-state index contributed by atoms with van der Waals surface area (Å²) >= 11 is 0. The summed E-state index contributed by atoms with van der Waals surface area (Å²) < 4.78 is 10.3. The lowest BCUT2D eigenvalue weighted by atomic mass is 10.0. The molecular weight excluding hydrogens is 322 g/mol. The van der Waals surface area contributed by atoms with Gasteiger partial charge in [-0.1, -0.05) is 30.3 Å². The molecule has 25 heavy (non-hydrogen) atoms. The summed E-state index contributed by atoms with van der Waals surface area (Å²) in [5, 5.41) is 18.1. The molecule has 0 bridgehead atoms. The maximum atomic E-state index is 12.6. The number of carboxylic acid groups (broad SMARTS) is 1. The van der Waals surface area contributed by atoms with E-state index in [0.717, 1.165) is 0 Å². The van der Waals surface area contributed by atoms with E-state index < -0.39 is 18.4 Å². The minimum Gasteiger partial charge on any atom is -0.496 e. The van der Waals surface area contributed by atoms with E-state index in [1.165, 1.54) is 13.2 Å². The Morgan fingerprint density at radius 3 is 2.40 bits per heavy atom. The summed E-state index contributed by atoms with van der Waals surface area (Å²) in [5.74, 6) is -0.980. The zero-order valence-corrected chi connectivity index (χ0v) is 13.4. The highest BCUT2D eigenvalue weighted by atomic mass is 16.5. The number of ketones is 1. The van der Waals surface area contributed by atoms with Crippen molar-refractivity contribution in [2.24, 2.45) is 0 Å². The number of carboxylic acids is 1. The number of benzene rings is 2. The summed E-state index contributed by atoms with van der Waals surface area (Å²) in [6, 6.07) is 15.0. The number of carbonyl (C=O) groups is 2. The van der Waals surface area contributed by atoms with Gasteiger partial charge in [-0.05, 0) is 24.3 Å². The van der Waals surface area contributed by atoms with Crippen molar-refractivity contribution in [3.63, 3.8) is 0 Å². The van der Waals surface area contributed by atoms with Gasteiger partial charge in [-0.15, -0.1) is 0 Å². The number of carbonyl (C=O) groups excluding carboxylic acids is 1. The van der Waals surface area contributed by atoms with Crippen LogP contribution in [0.15, 0.2) is 54.1 Å². The molecule has 0 aromatic heterocycles. The zero-order valence-electron chi connectivity index (χ0n) is 13.4. The molecule has 126 valence electrons. The molecule has 6 nitrogen and oxygen atoms in total. The molecule has 0 heterocycles. The molecule has 1 N–H and O–H groups in total. The molecule has 0 radical (unpaired) electrons. The molecular formula is C19H15NO5. The summed E-state index contributed by atoms with van der Waals surface area (Å²) in [6.45, 7) is -0.521. The molecule has 6 heteroatoms. The maximum absolute atomic E-state index is 12.6. The van der Waals surface area contributed by atoms with Gasteiger partial charge in [-0.3, -0.25) is 4.79 Å². The summed E-state index contributed by atoms with van der Waals surface area (Å²) in [4.78, 5) is 23.3. The molecule has 0 fully saturated rings. The Kier molecular flexibility index (Phi) is 5.91. The van der Waals surface area contributed by atoms with Crippen LogP contribution in [0.2, 0.25) is 0 Å². The number of nitrogens with zero attached hydrogens (tertiary/aromatic N) is 1. The summed E-state index contributed by atoms with van der Waals surface area (Å²) in [6.07, 6.45) is 1.37. The molecule has 0 saturated heterocycles. The second kappa shape index (κ2) is 8.31. The van der Waals surface area contributed by atoms with E-state index >= 15 is 0 Å². The monoisotopic (exact) mass is 337 g/mol. The van der Waals surface area contributed by atoms with Crippen molar-refractivity contribution in [2.75, 3.05) is 13.7 Å². The standard InChI is InChI=1S/C19H15NO5/c1-24-17-9-5-3-7-15(17)19(23)14(11-20)10-13-6-2-4-8-16(13)25-12-18(21)22/h2-10H,12H2,1H3,(H,21,22)/b14-10+. The van der Waals surface area contributed by atoms with Crippen LogP contribution in [0.4, 0.5) is 0 Å². The van der Waals surface area contributed by atoms with E-state index in [4.69, 9.17) is 14.6 Å². The number of methoxy groups -OCH3 is 1. The van der Waals surface area contributed by atoms with Gasteiger partial charge in [-0.25, -0.2) is 4.79 Å². The van der Waals surface area contributed by atoms with Crippen LogP contribution in [0.1, 0.15) is 15.9 Å². The third kappa shape index (κ3) is 4.45. The molecule has 0 aliphatic carbocycles. The fourth-order valence-electron chi connectivity index (χ4n) is 2.15. The van der Waals surface area contributed by atoms with E-state index in [-0.39, 0.29) is 16.9 Å². The van der Waals surface area contributed by atoms with E-state index in [9.17, 15) is 14.9 Å². The molecule has 0 spiro atoms. The third-order valence-electron chi connectivity index (χ3n) is 3.29. The van der Waals surface area contributed by atoms with Crippen LogP contribution in [0.3, 0.4) is 0 Å². The number of hydrogen-bond acceptors (Lipinski definition) is 5. The van der Waals surface area contributed by atoms with E-state index in [2.05, 4.69) is 0 Å². The summed E-state index contributed by atoms with van der Waals surface area (Å²) in [7, 11) is 1.44. The van der Waals surface area contributed by atoms with Crippen LogP contribution in [0, 0.1) is 11.3 Å². The molecule has 0 aliphatic rings. The van der Waals surface area contributed by atoms with Crippen molar-refractivity contribution in [3.05, 3.63) is 65.2 Å². The fraction of sp³-hybridized carbons (Fsp3) is 0.105. The normalized spacial score (nSPS) is 10.6. The quantitative estimate of drug-likeness (QED) is 0.474. The first kappa shape index (κ1) is 17.8. The van der Waals surface area contributed by atoms with Crippen LogP contribution in [-0.2, 0) is 4.79 Å². The Labute approximate surface area is 144 Å². The van der Waals surface area contributed by atoms with E-state index in [1.807, 2.05) is 6.07 Å². The number of rotatable bonds is 7. The first-order chi connectivity index (χ1) is 12.1. The Hall–Kier alpha value is -3.59. The van der Waals surface area contributed by atoms with Crippen LogP contribution in [0.25, 0.3) is 6.08 Å². The maximum Gasteiger partial charge on any atom is 0.341 e. The highest BCUT2D eigenvalue weighted by molar-refractivity contribution is 6.15. The predicted molar refractivity (Wildman–Crippen MR) is 90.5 cm³/mol. The average molecular weight is 337 g/mol. The lowest BCUT2D eigenvalue weighted by Gasteiger charge is -2.08. The van der Waals surface area contributed by atoms with Crippen molar-refractivity contribution in [1.29, 1.82) is 5.26 Å². The molecule has 0 saturated carbocycles. The Balaban J connectivity index is 2.39. The Morgan fingerprint density at radius 1 is 1.12 bits per heavy atom. The third-order valence-corrected chi connectivity index (χ3v) is 3.29. The van der Waals surface area contributed by atoms with Crippen LogP contribution >= 0.6 is 0 Å². The minimum atomic E-state index is -1.12. The van der Waals surface area contributed by atoms with Crippen LogP contribution in [0.5, 0.6) is 11.5 Å². The van der Waals surface area contributed by atoms with Gasteiger partial charge >= 0.3 is 5.97 Å². The van der Waals surface area contributed by atoms with Crippen molar-refractivity contribution in [3.8, 4) is 17.6 Å². The van der Waals surface area contributed by atoms with Crippen molar-refractivity contribution in [1.82, 2.24) is 0 Å². The molecule has 0 unspecified atom stereocenters. The van der Waals surface area contributed by atoms with Gasteiger partial charge in [0.2, 0.25) is 5.78 Å². The number of aliphatic carboxylic acids is 1. The van der Waals surface area contributed by atoms with Crippen LogP contribution in [-0.4, -0.2) is 30.6 Å². The van der Waals surface area contributed by atoms with Gasteiger partial charge in [0, 0.05) is 5.56 Å². The van der Waals surface area contributed by atoms with E-state index in [1.54, 1.807) is 48.5 Å². The molecule has 2 aromatic rings. The van der Waals surface area contributed by atoms with Crippen LogP contribution < -0.4 is 9.47 Å². The predicted octanol–water partition coefficient (Wildman–Crippen LogP) is 2.95. The van der Waals surface area contributed by atoms with Crippen molar-refractivity contribution >= 4 is 17.8 Å². The molecule has 0 atom stereocenters. The first-order valence-electron chi connectivity index (χ1n) is 7.30. The number of ether oxygens (including phenoxy) is 2. The fourth-order valence-corrected chi connectivity index (χ4v) is 2.15. The van der Waals surface area contributed by atoms with Gasteiger partial charge in [0.15, 0.2) is 6.61 Å². The highest BCUT2D eigenvalue weighted by Crippen LogP contribution is 2.25. The molecule has 0 aliphatic heterocycles. The van der Waals surface area contributed by atoms with Gasteiger partial charge in [0.05, 0.1) is 12.7 Å². The van der Waals surface area contributed by atoms with Crippen molar-refractivity contribution in [2.45, 2.75) is 0 Å². The lowest BCUT2D eigenvalue weighted by Crippen LogP contribution is -2.10. The second-order valence-corrected chi connectivity index (χ2v) is 4.92. The van der Waals surface area contributed by atoms with E-state index in [0.29, 0.717) is 11.3 Å². The lowest BCUT2D eigenvalue weighted by molar-refractivity contribution is -0.139. The Bertz CT molecular complexity index is 864. The molecule has 2 aromatic carbocycles. The molecule has 0 amide bonds. The first-order valence-corrected chi connectivity index (χ1v) is 7.30. The number of hydrogen-bond donors (Lipinski definition) is 1. The number of Topliss-reactive ketones (excluding diaryl/α,β-unsaturated/α-hetero) is 1. The Morgan fingerprint density at radius 2 is 1.76 bits per heavy atom. The minimum absolute atomic E-state index is 0.115. The smallest absolute Gasteiger partial charge is 0.341 e. The number of nitriles is 1. The van der Waals surface area contributed by atoms with Gasteiger partial charge < -0.3 is 14.6 Å². The number of para-hydroxylation sites is 2. The van der Waals surface area contributed by atoms with Gasteiger partial charge in [0.25, 0.3) is 0 Å².